The maximum absolute atomic E-state index is 10.6. The minimum Gasteiger partial charge on any atom is -0.322 e. The van der Waals surface area contributed by atoms with E-state index in [1.54, 1.807) is 0 Å². The molecule has 0 spiro atoms. The summed E-state index contributed by atoms with van der Waals surface area (Å²) in [6.07, 6.45) is 0.351. The molecule has 5 nitrogen and oxygen atoms in total. The van der Waals surface area contributed by atoms with E-state index in [4.69, 9.17) is 11.6 Å². The summed E-state index contributed by atoms with van der Waals surface area (Å²) in [5, 5.41) is 12.8. The summed E-state index contributed by atoms with van der Waals surface area (Å²) < 4.78 is 0.403. The van der Waals surface area contributed by atoms with Gasteiger partial charge in [-0.05, 0) is 28.1 Å². The fourth-order valence-corrected chi connectivity index (χ4v) is 1.58. The fraction of sp³-hybridized carbons (Fsp3) is 0. The van der Waals surface area contributed by atoms with Gasteiger partial charge in [-0.2, -0.15) is 0 Å². The summed E-state index contributed by atoms with van der Waals surface area (Å²) in [6, 6.07) is 2.89. The van der Waals surface area contributed by atoms with Gasteiger partial charge >= 0.3 is 5.69 Å². The van der Waals surface area contributed by atoms with Crippen molar-refractivity contribution in [2.75, 3.05) is 5.32 Å². The highest BCUT2D eigenvalue weighted by molar-refractivity contribution is 9.10. The Morgan fingerprint density at radius 2 is 2.21 bits per heavy atom. The SMILES string of the molecule is O=CNc1c(Br)ccc(Cl)c1[N+](=O)[O-]. The average Bonchev–Trinajstić information content (AvgIpc) is 2.11. The first-order valence-electron chi connectivity index (χ1n) is 3.40. The van der Waals surface area contributed by atoms with Crippen LogP contribution in [0.3, 0.4) is 0 Å². The molecule has 14 heavy (non-hydrogen) atoms. The van der Waals surface area contributed by atoms with Crippen LogP contribution in [0.15, 0.2) is 16.6 Å². The second-order valence-corrected chi connectivity index (χ2v) is 3.53. The number of carbonyl (C=O) groups is 1. The van der Waals surface area contributed by atoms with Gasteiger partial charge in [-0.1, -0.05) is 11.6 Å². The monoisotopic (exact) mass is 278 g/mol. The van der Waals surface area contributed by atoms with Crippen molar-refractivity contribution in [1.29, 1.82) is 0 Å². The van der Waals surface area contributed by atoms with Gasteiger partial charge in [0.25, 0.3) is 0 Å². The van der Waals surface area contributed by atoms with Crippen molar-refractivity contribution >= 4 is 45.3 Å². The lowest BCUT2D eigenvalue weighted by Gasteiger charge is -2.04. The van der Waals surface area contributed by atoms with E-state index in [1.165, 1.54) is 12.1 Å². The zero-order valence-corrected chi connectivity index (χ0v) is 9.00. The molecule has 74 valence electrons. The van der Waals surface area contributed by atoms with Crippen LogP contribution in [0.4, 0.5) is 11.4 Å². The fourth-order valence-electron chi connectivity index (χ4n) is 0.916. The molecule has 0 aromatic heterocycles. The normalized spacial score (nSPS) is 9.57. The van der Waals surface area contributed by atoms with E-state index in [1.807, 2.05) is 0 Å². The van der Waals surface area contributed by atoms with Crippen LogP contribution in [0.5, 0.6) is 0 Å². The van der Waals surface area contributed by atoms with Gasteiger partial charge < -0.3 is 5.32 Å². The quantitative estimate of drug-likeness (QED) is 0.525. The summed E-state index contributed by atoms with van der Waals surface area (Å²) in [6.45, 7) is 0. The lowest BCUT2D eigenvalue weighted by molar-refractivity contribution is -0.383. The van der Waals surface area contributed by atoms with Crippen LogP contribution in [-0.4, -0.2) is 11.3 Å². The van der Waals surface area contributed by atoms with Crippen LogP contribution in [-0.2, 0) is 4.79 Å². The first-order chi connectivity index (χ1) is 6.57. The van der Waals surface area contributed by atoms with E-state index in [0.29, 0.717) is 10.9 Å². The van der Waals surface area contributed by atoms with E-state index in [0.717, 1.165) is 0 Å². The van der Waals surface area contributed by atoms with Crippen LogP contribution >= 0.6 is 27.5 Å². The zero-order chi connectivity index (χ0) is 10.7. The number of hydrogen-bond donors (Lipinski definition) is 1. The molecular formula is C7H4BrClN2O3. The number of nitro groups is 1. The van der Waals surface area contributed by atoms with E-state index < -0.39 is 4.92 Å². The summed E-state index contributed by atoms with van der Waals surface area (Å²) >= 11 is 8.68. The van der Waals surface area contributed by atoms with Crippen LogP contribution in [0, 0.1) is 10.1 Å². The molecule has 1 rings (SSSR count). The Morgan fingerprint density at radius 3 is 2.71 bits per heavy atom. The van der Waals surface area contributed by atoms with Crippen molar-refractivity contribution in [3.05, 3.63) is 31.7 Å². The molecule has 1 amide bonds. The standard InChI is InChI=1S/C7H4BrClN2O3/c8-4-1-2-5(9)7(11(13)14)6(4)10-3-12/h1-3H,(H,10,12). The molecule has 7 heteroatoms. The lowest BCUT2D eigenvalue weighted by atomic mass is 10.2. The zero-order valence-electron chi connectivity index (χ0n) is 6.66. The minimum atomic E-state index is -0.654. The molecule has 0 bridgehead atoms. The topological polar surface area (TPSA) is 72.2 Å². The number of amides is 1. The summed E-state index contributed by atoms with van der Waals surface area (Å²) in [4.78, 5) is 20.2. The molecule has 0 radical (unpaired) electrons. The van der Waals surface area contributed by atoms with Gasteiger partial charge in [0, 0.05) is 4.47 Å². The molecule has 0 aliphatic heterocycles. The predicted octanol–water partition coefficient (Wildman–Crippen LogP) is 2.58. The van der Waals surface area contributed by atoms with Crippen molar-refractivity contribution in [1.82, 2.24) is 0 Å². The highest BCUT2D eigenvalue weighted by Crippen LogP contribution is 2.37. The van der Waals surface area contributed by atoms with Gasteiger partial charge in [0.15, 0.2) is 0 Å². The molecule has 0 aliphatic rings. The van der Waals surface area contributed by atoms with Gasteiger partial charge in [0.2, 0.25) is 6.41 Å². The number of anilines is 1. The minimum absolute atomic E-state index is 0.0254. The van der Waals surface area contributed by atoms with E-state index in [-0.39, 0.29) is 16.4 Å². The third-order valence-corrected chi connectivity index (χ3v) is 2.43. The third kappa shape index (κ3) is 2.02. The Balaban J connectivity index is 3.40. The Kier molecular flexibility index (Phi) is 3.43. The molecule has 0 atom stereocenters. The number of rotatable bonds is 3. The van der Waals surface area contributed by atoms with E-state index in [9.17, 15) is 14.9 Å². The second-order valence-electron chi connectivity index (χ2n) is 2.27. The Morgan fingerprint density at radius 1 is 1.57 bits per heavy atom. The summed E-state index contributed by atoms with van der Waals surface area (Å²) in [7, 11) is 0. The molecule has 1 aromatic carbocycles. The Hall–Kier alpha value is -1.14. The van der Waals surface area contributed by atoms with Crippen molar-refractivity contribution in [3.63, 3.8) is 0 Å². The molecule has 0 saturated heterocycles. The number of carbonyl (C=O) groups excluding carboxylic acids is 1. The molecule has 0 fully saturated rings. The summed E-state index contributed by atoms with van der Waals surface area (Å²) in [5.74, 6) is 0. The highest BCUT2D eigenvalue weighted by atomic mass is 79.9. The van der Waals surface area contributed by atoms with Gasteiger partial charge in [-0.3, -0.25) is 14.9 Å². The number of halogens is 2. The smallest absolute Gasteiger partial charge is 0.312 e. The Labute approximate surface area is 92.3 Å². The molecule has 0 aliphatic carbocycles. The molecule has 1 N–H and O–H groups in total. The average molecular weight is 279 g/mol. The van der Waals surface area contributed by atoms with Gasteiger partial charge in [0.05, 0.1) is 4.92 Å². The van der Waals surface area contributed by atoms with Crippen LogP contribution in [0.2, 0.25) is 5.02 Å². The molecule has 0 heterocycles. The Bertz CT molecular complexity index is 397. The van der Waals surface area contributed by atoms with Crippen molar-refractivity contribution in [2.45, 2.75) is 0 Å². The molecular weight excluding hydrogens is 275 g/mol. The first kappa shape index (κ1) is 10.9. The maximum atomic E-state index is 10.6. The van der Waals surface area contributed by atoms with Crippen molar-refractivity contribution in [2.24, 2.45) is 0 Å². The van der Waals surface area contributed by atoms with Crippen LogP contribution < -0.4 is 5.32 Å². The molecule has 0 saturated carbocycles. The van der Waals surface area contributed by atoms with Crippen LogP contribution in [0.1, 0.15) is 0 Å². The third-order valence-electron chi connectivity index (χ3n) is 1.46. The summed E-state index contributed by atoms with van der Waals surface area (Å²) in [5.41, 5.74) is -0.273. The number of hydrogen-bond acceptors (Lipinski definition) is 3. The first-order valence-corrected chi connectivity index (χ1v) is 4.57. The molecule has 0 unspecified atom stereocenters. The number of nitrogens with zero attached hydrogens (tertiary/aromatic N) is 1. The maximum Gasteiger partial charge on any atom is 0.312 e. The van der Waals surface area contributed by atoms with Crippen LogP contribution in [0.25, 0.3) is 0 Å². The predicted molar refractivity (Wildman–Crippen MR) is 55.5 cm³/mol. The van der Waals surface area contributed by atoms with E-state index >= 15 is 0 Å². The van der Waals surface area contributed by atoms with E-state index in [2.05, 4.69) is 21.2 Å². The number of nitrogens with one attached hydrogen (secondary N) is 1. The van der Waals surface area contributed by atoms with Crippen molar-refractivity contribution < 1.29 is 9.72 Å². The number of nitro benzene ring substituents is 1. The lowest BCUT2D eigenvalue weighted by Crippen LogP contribution is -2.00. The van der Waals surface area contributed by atoms with Gasteiger partial charge in [-0.25, -0.2) is 0 Å². The number of benzene rings is 1. The molecule has 1 aromatic rings. The largest absolute Gasteiger partial charge is 0.322 e. The van der Waals surface area contributed by atoms with Crippen molar-refractivity contribution in [3.8, 4) is 0 Å². The highest BCUT2D eigenvalue weighted by Gasteiger charge is 2.20. The second kappa shape index (κ2) is 4.39. The van der Waals surface area contributed by atoms with Gasteiger partial charge in [0.1, 0.15) is 10.7 Å². The van der Waals surface area contributed by atoms with Gasteiger partial charge in [-0.15, -0.1) is 0 Å².